The van der Waals surface area contributed by atoms with Gasteiger partial charge < -0.3 is 14.5 Å². The van der Waals surface area contributed by atoms with E-state index in [0.29, 0.717) is 0 Å². The zero-order valence-corrected chi connectivity index (χ0v) is 12.1. The van der Waals surface area contributed by atoms with Gasteiger partial charge in [0.2, 0.25) is 0 Å². The van der Waals surface area contributed by atoms with E-state index in [1.54, 1.807) is 7.11 Å². The van der Waals surface area contributed by atoms with Crippen molar-refractivity contribution in [2.45, 2.75) is 12.8 Å². The molecule has 0 atom stereocenters. The third-order valence-corrected chi connectivity index (χ3v) is 4.43. The summed E-state index contributed by atoms with van der Waals surface area (Å²) in [6, 6.07) is 0. The highest BCUT2D eigenvalue weighted by atomic mass is 16.5. The van der Waals surface area contributed by atoms with Gasteiger partial charge in [0.05, 0.1) is 6.61 Å². The molecule has 0 aromatic rings. The molecule has 2 heterocycles. The van der Waals surface area contributed by atoms with E-state index in [1.165, 1.54) is 58.7 Å². The Morgan fingerprint density at radius 1 is 0.944 bits per heavy atom. The maximum absolute atomic E-state index is 5.14. The van der Waals surface area contributed by atoms with Crippen molar-refractivity contribution >= 4 is 0 Å². The van der Waals surface area contributed by atoms with E-state index in [0.717, 1.165) is 19.1 Å². The van der Waals surface area contributed by atoms with E-state index in [4.69, 9.17) is 4.74 Å². The molecule has 0 bridgehead atoms. The van der Waals surface area contributed by atoms with Crippen molar-refractivity contribution in [2.24, 2.45) is 5.92 Å². The van der Waals surface area contributed by atoms with Crippen molar-refractivity contribution in [3.05, 3.63) is 0 Å². The molecule has 2 saturated heterocycles. The van der Waals surface area contributed by atoms with Crippen LogP contribution in [-0.4, -0.2) is 87.8 Å². The first-order valence-corrected chi connectivity index (χ1v) is 7.40. The van der Waals surface area contributed by atoms with E-state index in [1.807, 2.05) is 0 Å². The fourth-order valence-corrected chi connectivity index (χ4v) is 3.03. The smallest absolute Gasteiger partial charge is 0.0589 e. The molecule has 2 rings (SSSR count). The monoisotopic (exact) mass is 255 g/mol. The zero-order valence-electron chi connectivity index (χ0n) is 12.1. The van der Waals surface area contributed by atoms with E-state index in [2.05, 4.69) is 21.7 Å². The molecule has 0 unspecified atom stereocenters. The molecule has 4 heteroatoms. The van der Waals surface area contributed by atoms with Gasteiger partial charge in [-0.2, -0.15) is 0 Å². The summed E-state index contributed by atoms with van der Waals surface area (Å²) in [6.45, 7) is 10.8. The normalized spacial score (nSPS) is 25.7. The highest BCUT2D eigenvalue weighted by molar-refractivity contribution is 4.77. The van der Waals surface area contributed by atoms with Gasteiger partial charge in [-0.3, -0.25) is 4.90 Å². The third kappa shape index (κ3) is 4.50. The molecule has 18 heavy (non-hydrogen) atoms. The maximum atomic E-state index is 5.14. The minimum Gasteiger partial charge on any atom is -0.383 e. The van der Waals surface area contributed by atoms with Crippen LogP contribution in [0.2, 0.25) is 0 Å². The van der Waals surface area contributed by atoms with Crippen LogP contribution in [0.3, 0.4) is 0 Å². The minimum atomic E-state index is 0.870. The van der Waals surface area contributed by atoms with E-state index >= 15 is 0 Å². The Bertz CT molecular complexity index is 221. The predicted molar refractivity (Wildman–Crippen MR) is 75.0 cm³/mol. The standard InChI is InChI=1S/C14H29N3O/c1-15-5-3-14(4-6-15)13-17-9-7-16(8-10-17)11-12-18-2/h14H,3-13H2,1-2H3. The number of hydrogen-bond acceptors (Lipinski definition) is 4. The lowest BCUT2D eigenvalue weighted by molar-refractivity contribution is 0.0799. The first-order valence-electron chi connectivity index (χ1n) is 7.40. The number of hydrogen-bond donors (Lipinski definition) is 0. The number of rotatable bonds is 5. The fourth-order valence-electron chi connectivity index (χ4n) is 3.03. The third-order valence-electron chi connectivity index (χ3n) is 4.43. The molecule has 0 radical (unpaired) electrons. The molecule has 4 nitrogen and oxygen atoms in total. The summed E-state index contributed by atoms with van der Waals surface area (Å²) in [5, 5.41) is 0. The molecule has 2 aliphatic rings. The average molecular weight is 255 g/mol. The lowest BCUT2D eigenvalue weighted by atomic mass is 9.96. The van der Waals surface area contributed by atoms with Gasteiger partial charge in [-0.1, -0.05) is 0 Å². The van der Waals surface area contributed by atoms with Crippen LogP contribution < -0.4 is 0 Å². The van der Waals surface area contributed by atoms with Gasteiger partial charge in [-0.25, -0.2) is 0 Å². The first-order chi connectivity index (χ1) is 8.78. The first kappa shape index (κ1) is 14.3. The highest BCUT2D eigenvalue weighted by Gasteiger charge is 2.22. The summed E-state index contributed by atoms with van der Waals surface area (Å²) in [5.41, 5.74) is 0. The van der Waals surface area contributed by atoms with Gasteiger partial charge in [-0.05, 0) is 38.9 Å². The molecule has 0 amide bonds. The van der Waals surface area contributed by atoms with Crippen LogP contribution in [0.4, 0.5) is 0 Å². The van der Waals surface area contributed by atoms with Gasteiger partial charge in [0.15, 0.2) is 0 Å². The SMILES string of the molecule is COCCN1CCN(CC2CCN(C)CC2)CC1. The predicted octanol–water partition coefficient (Wildman–Crippen LogP) is 0.592. The Balaban J connectivity index is 1.61. The highest BCUT2D eigenvalue weighted by Crippen LogP contribution is 2.18. The van der Waals surface area contributed by atoms with Crippen LogP contribution in [0.1, 0.15) is 12.8 Å². The molecule has 0 aromatic carbocycles. The van der Waals surface area contributed by atoms with Gasteiger partial charge in [0.25, 0.3) is 0 Å². The summed E-state index contributed by atoms with van der Waals surface area (Å²) in [4.78, 5) is 7.65. The number of likely N-dealkylation sites (tertiary alicyclic amines) is 1. The van der Waals surface area contributed by atoms with Gasteiger partial charge in [0, 0.05) is 46.4 Å². The Hall–Kier alpha value is -0.160. The quantitative estimate of drug-likeness (QED) is 0.716. The van der Waals surface area contributed by atoms with Gasteiger partial charge in [0.1, 0.15) is 0 Å². The van der Waals surface area contributed by atoms with Crippen molar-refractivity contribution in [3.63, 3.8) is 0 Å². The Kier molecular flexibility index (Phi) is 5.89. The minimum absolute atomic E-state index is 0.870. The van der Waals surface area contributed by atoms with Crippen LogP contribution in [0.15, 0.2) is 0 Å². The topological polar surface area (TPSA) is 19.0 Å². The van der Waals surface area contributed by atoms with Gasteiger partial charge in [-0.15, -0.1) is 0 Å². The summed E-state index contributed by atoms with van der Waals surface area (Å²) in [7, 11) is 4.03. The summed E-state index contributed by atoms with van der Waals surface area (Å²) in [6.07, 6.45) is 2.78. The Morgan fingerprint density at radius 2 is 1.56 bits per heavy atom. The number of methoxy groups -OCH3 is 1. The second kappa shape index (κ2) is 7.43. The largest absolute Gasteiger partial charge is 0.383 e. The Morgan fingerprint density at radius 3 is 2.17 bits per heavy atom. The molecular formula is C14H29N3O. The van der Waals surface area contributed by atoms with E-state index < -0.39 is 0 Å². The van der Waals surface area contributed by atoms with Crippen LogP contribution in [0.5, 0.6) is 0 Å². The molecule has 2 fully saturated rings. The fraction of sp³-hybridized carbons (Fsp3) is 1.00. The van der Waals surface area contributed by atoms with Crippen molar-refractivity contribution in [1.82, 2.24) is 14.7 Å². The van der Waals surface area contributed by atoms with E-state index in [-0.39, 0.29) is 0 Å². The van der Waals surface area contributed by atoms with Gasteiger partial charge >= 0.3 is 0 Å². The average Bonchev–Trinajstić information content (AvgIpc) is 2.41. The lowest BCUT2D eigenvalue weighted by Crippen LogP contribution is -2.49. The second-order valence-electron chi connectivity index (χ2n) is 5.88. The molecule has 0 saturated carbocycles. The Labute approximate surface area is 112 Å². The molecule has 0 aliphatic carbocycles. The van der Waals surface area contributed by atoms with Crippen molar-refractivity contribution in [2.75, 3.05) is 73.1 Å². The maximum Gasteiger partial charge on any atom is 0.0589 e. The molecule has 0 spiro atoms. The van der Waals surface area contributed by atoms with Crippen LogP contribution in [-0.2, 0) is 4.74 Å². The summed E-state index contributed by atoms with van der Waals surface area (Å²) in [5.74, 6) is 0.937. The molecule has 106 valence electrons. The molecule has 0 aromatic heterocycles. The second-order valence-corrected chi connectivity index (χ2v) is 5.88. The van der Waals surface area contributed by atoms with Crippen LogP contribution in [0.25, 0.3) is 0 Å². The van der Waals surface area contributed by atoms with Crippen LogP contribution >= 0.6 is 0 Å². The van der Waals surface area contributed by atoms with Crippen molar-refractivity contribution in [3.8, 4) is 0 Å². The molecule has 0 N–H and O–H groups in total. The molecular weight excluding hydrogens is 226 g/mol. The summed E-state index contributed by atoms with van der Waals surface area (Å²) >= 11 is 0. The summed E-state index contributed by atoms with van der Waals surface area (Å²) < 4.78 is 5.14. The van der Waals surface area contributed by atoms with Crippen LogP contribution in [0, 0.1) is 5.92 Å². The molecule has 2 aliphatic heterocycles. The van der Waals surface area contributed by atoms with Crippen molar-refractivity contribution < 1.29 is 4.74 Å². The van der Waals surface area contributed by atoms with E-state index in [9.17, 15) is 0 Å². The number of piperidine rings is 1. The van der Waals surface area contributed by atoms with Crippen molar-refractivity contribution in [1.29, 1.82) is 0 Å². The lowest BCUT2D eigenvalue weighted by Gasteiger charge is -2.38. The number of ether oxygens (including phenoxy) is 1. The number of piperazine rings is 1. The number of nitrogens with zero attached hydrogens (tertiary/aromatic N) is 3. The zero-order chi connectivity index (χ0) is 12.8.